The molecule has 3 atom stereocenters. The van der Waals surface area contributed by atoms with Gasteiger partial charge in [0.2, 0.25) is 5.95 Å². The lowest BCUT2D eigenvalue weighted by Gasteiger charge is -2.43. The van der Waals surface area contributed by atoms with Crippen molar-refractivity contribution in [2.45, 2.75) is 110 Å². The van der Waals surface area contributed by atoms with Crippen molar-refractivity contribution in [2.24, 2.45) is 0 Å². The molecule has 3 unspecified atom stereocenters. The number of hydrogen-bond acceptors (Lipinski definition) is 5. The van der Waals surface area contributed by atoms with E-state index in [-0.39, 0.29) is 0 Å². The minimum absolute atomic E-state index is 0.606. The Hall–Kier alpha value is -1.49. The van der Waals surface area contributed by atoms with Crippen molar-refractivity contribution in [3.8, 4) is 0 Å². The molecule has 0 aromatic carbocycles. The summed E-state index contributed by atoms with van der Waals surface area (Å²) in [5.41, 5.74) is 1.06. The van der Waals surface area contributed by atoms with E-state index in [0.717, 1.165) is 17.9 Å². The maximum atomic E-state index is 9.17. The molecule has 5 heteroatoms. The van der Waals surface area contributed by atoms with E-state index in [9.17, 15) is 4.79 Å². The lowest BCUT2D eigenvalue weighted by Crippen LogP contribution is -2.56. The number of hydrogen-bond donors (Lipinski definition) is 0. The summed E-state index contributed by atoms with van der Waals surface area (Å²) in [4.78, 5) is 23.4. The van der Waals surface area contributed by atoms with Gasteiger partial charge in [-0.15, -0.1) is 0 Å². The van der Waals surface area contributed by atoms with Crippen LogP contribution in [0.25, 0.3) is 0 Å². The van der Waals surface area contributed by atoms with Crippen molar-refractivity contribution in [1.29, 1.82) is 0 Å². The highest BCUT2D eigenvalue weighted by molar-refractivity contribution is 5.48. The van der Waals surface area contributed by atoms with E-state index >= 15 is 0 Å². The summed E-state index contributed by atoms with van der Waals surface area (Å²) < 4.78 is 0. The molecule has 1 aromatic heterocycles. The third-order valence-electron chi connectivity index (χ3n) is 6.40. The fraction of sp³-hybridized carbons (Fsp3) is 0.792. The maximum Gasteiger partial charge on any atom is 0.226 e. The molecule has 29 heavy (non-hydrogen) atoms. The summed E-state index contributed by atoms with van der Waals surface area (Å²) in [6.45, 7) is 10.8. The Morgan fingerprint density at radius 2 is 1.59 bits per heavy atom. The van der Waals surface area contributed by atoms with Crippen LogP contribution in [-0.2, 0) is 4.79 Å². The van der Waals surface area contributed by atoms with Crippen LogP contribution >= 0.6 is 0 Å². The Bertz CT molecular complexity index is 564. The van der Waals surface area contributed by atoms with Crippen LogP contribution in [0.15, 0.2) is 12.3 Å². The molecule has 1 aromatic rings. The molecule has 2 aliphatic heterocycles. The molecule has 4 rings (SSSR count). The van der Waals surface area contributed by atoms with Gasteiger partial charge >= 0.3 is 0 Å². The molecular formula is C24H42N4O. The number of aldehydes is 1. The second-order valence-corrected chi connectivity index (χ2v) is 8.70. The first-order valence-corrected chi connectivity index (χ1v) is 11.9. The first-order valence-electron chi connectivity index (χ1n) is 11.9. The van der Waals surface area contributed by atoms with E-state index in [4.69, 9.17) is 0 Å². The minimum Gasteiger partial charge on any atom is -0.332 e. The molecule has 2 bridgehead atoms. The second kappa shape index (κ2) is 12.9. The van der Waals surface area contributed by atoms with Gasteiger partial charge in [-0.2, -0.15) is 0 Å². The van der Waals surface area contributed by atoms with E-state index in [1.165, 1.54) is 70.9 Å². The molecule has 0 amide bonds. The first kappa shape index (κ1) is 23.8. The summed E-state index contributed by atoms with van der Waals surface area (Å²) in [6, 6.07) is 3.88. The molecule has 3 fully saturated rings. The number of aryl methyl sites for hydroxylation is 1. The van der Waals surface area contributed by atoms with Crippen molar-refractivity contribution >= 4 is 12.2 Å². The Morgan fingerprint density at radius 3 is 2.00 bits per heavy atom. The number of piperazine rings is 1. The third-order valence-corrected chi connectivity index (χ3v) is 6.40. The quantitative estimate of drug-likeness (QED) is 0.650. The Labute approximate surface area is 178 Å². The van der Waals surface area contributed by atoms with Crippen LogP contribution in [0.2, 0.25) is 0 Å². The zero-order chi connectivity index (χ0) is 21.1. The Balaban J connectivity index is 0.000000248. The summed E-state index contributed by atoms with van der Waals surface area (Å²) in [5.74, 6) is 0.941. The van der Waals surface area contributed by atoms with Crippen LogP contribution in [0.5, 0.6) is 0 Å². The number of rotatable bonds is 4. The van der Waals surface area contributed by atoms with Gasteiger partial charge in [0.15, 0.2) is 0 Å². The monoisotopic (exact) mass is 402 g/mol. The molecule has 0 spiro atoms. The third kappa shape index (κ3) is 7.36. The molecule has 2 saturated heterocycles. The molecule has 1 saturated carbocycles. The number of anilines is 1. The van der Waals surface area contributed by atoms with Crippen LogP contribution in [0.3, 0.4) is 0 Å². The number of likely N-dealkylation sites (tertiary alicyclic amines) is 1. The van der Waals surface area contributed by atoms with Crippen molar-refractivity contribution in [2.75, 3.05) is 18.0 Å². The molecule has 3 aliphatic rings. The van der Waals surface area contributed by atoms with Gasteiger partial charge in [-0.05, 0) is 39.2 Å². The highest BCUT2D eigenvalue weighted by Crippen LogP contribution is 2.33. The van der Waals surface area contributed by atoms with Crippen LogP contribution < -0.4 is 4.90 Å². The van der Waals surface area contributed by atoms with Crippen LogP contribution in [0.4, 0.5) is 5.95 Å². The van der Waals surface area contributed by atoms with Crippen molar-refractivity contribution in [1.82, 2.24) is 14.9 Å². The highest BCUT2D eigenvalue weighted by atomic mass is 16.1. The number of carbonyl (C=O) groups excluding carboxylic acids is 1. The lowest BCUT2D eigenvalue weighted by molar-refractivity contribution is -0.107. The fourth-order valence-electron chi connectivity index (χ4n) is 4.50. The molecule has 1 aliphatic carbocycles. The standard InChI is InChI=1S/C15H24N4.C6H12.C3H6O/c1-4-12(3)18-9-13-5-6-14(10-18)19(13)15-16-8-7-11(2)17-15;1-2-4-6-5-3-1;1-2-3-4/h7-8,12-14H,4-6,9-10H2,1-3H3;1-6H2;3H,2H2,1H3. The summed E-state index contributed by atoms with van der Waals surface area (Å²) in [5, 5.41) is 0. The first-order chi connectivity index (χ1) is 14.1. The fourth-order valence-corrected chi connectivity index (χ4v) is 4.50. The van der Waals surface area contributed by atoms with E-state index in [0.29, 0.717) is 24.5 Å². The zero-order valence-corrected chi connectivity index (χ0v) is 19.1. The van der Waals surface area contributed by atoms with Crippen LogP contribution in [-0.4, -0.2) is 52.4 Å². The predicted octanol–water partition coefficient (Wildman–Crippen LogP) is 5.17. The van der Waals surface area contributed by atoms with E-state index in [2.05, 4.69) is 33.6 Å². The lowest BCUT2D eigenvalue weighted by atomic mass is 10.0. The van der Waals surface area contributed by atoms with Crippen molar-refractivity contribution in [3.05, 3.63) is 18.0 Å². The molecule has 164 valence electrons. The van der Waals surface area contributed by atoms with Gasteiger partial charge in [0.05, 0.1) is 0 Å². The maximum absolute atomic E-state index is 9.17. The van der Waals surface area contributed by atoms with E-state index in [1.807, 2.05) is 26.1 Å². The number of nitrogens with zero attached hydrogens (tertiary/aromatic N) is 4. The zero-order valence-electron chi connectivity index (χ0n) is 19.1. The summed E-state index contributed by atoms with van der Waals surface area (Å²) >= 11 is 0. The van der Waals surface area contributed by atoms with Crippen LogP contribution in [0, 0.1) is 6.92 Å². The Morgan fingerprint density at radius 1 is 1.07 bits per heavy atom. The van der Waals surface area contributed by atoms with E-state index in [1.54, 1.807) is 0 Å². The molecule has 3 heterocycles. The molecule has 5 nitrogen and oxygen atoms in total. The largest absolute Gasteiger partial charge is 0.332 e. The van der Waals surface area contributed by atoms with Crippen LogP contribution in [0.1, 0.15) is 90.7 Å². The predicted molar refractivity (Wildman–Crippen MR) is 121 cm³/mol. The van der Waals surface area contributed by atoms with Gasteiger partial charge in [0.1, 0.15) is 6.29 Å². The normalized spacial score (nSPS) is 24.6. The van der Waals surface area contributed by atoms with Crippen molar-refractivity contribution < 1.29 is 4.79 Å². The van der Waals surface area contributed by atoms with Gasteiger partial charge in [-0.1, -0.05) is 52.4 Å². The Kier molecular flexibility index (Phi) is 10.6. The van der Waals surface area contributed by atoms with Gasteiger partial charge in [0, 0.05) is 49.5 Å². The van der Waals surface area contributed by atoms with Crippen molar-refractivity contribution in [3.63, 3.8) is 0 Å². The number of carbonyl (C=O) groups is 1. The van der Waals surface area contributed by atoms with E-state index < -0.39 is 0 Å². The molecule has 0 radical (unpaired) electrons. The summed E-state index contributed by atoms with van der Waals surface area (Å²) in [6.07, 6.45) is 16.2. The summed E-state index contributed by atoms with van der Waals surface area (Å²) in [7, 11) is 0. The SMILES string of the molecule is C1CCCCC1.CCC(C)N1CC2CCC(C1)N2c1nccc(C)n1.CCC=O. The molecular weight excluding hydrogens is 360 g/mol. The smallest absolute Gasteiger partial charge is 0.226 e. The average molecular weight is 403 g/mol. The average Bonchev–Trinajstić information content (AvgIpc) is 3.04. The number of aromatic nitrogens is 2. The van der Waals surface area contributed by atoms with Gasteiger partial charge in [-0.25, -0.2) is 9.97 Å². The minimum atomic E-state index is 0.606. The van der Waals surface area contributed by atoms with Gasteiger partial charge < -0.3 is 9.69 Å². The van der Waals surface area contributed by atoms with Gasteiger partial charge in [-0.3, -0.25) is 4.90 Å². The second-order valence-electron chi connectivity index (χ2n) is 8.70. The topological polar surface area (TPSA) is 49.3 Å². The number of fused-ring (bicyclic) bond motifs is 2. The van der Waals surface area contributed by atoms with Gasteiger partial charge in [0.25, 0.3) is 0 Å². The highest BCUT2D eigenvalue weighted by Gasteiger charge is 2.41. The molecule has 0 N–H and O–H groups in total.